The summed E-state index contributed by atoms with van der Waals surface area (Å²) in [4.78, 5) is 16.7. The van der Waals surface area contributed by atoms with Gasteiger partial charge in [-0.15, -0.1) is 0 Å². The number of nitrogens with zero attached hydrogens (tertiary/aromatic N) is 2. The number of benzene rings is 1. The van der Waals surface area contributed by atoms with Crippen LogP contribution < -0.4 is 10.1 Å². The molecule has 0 aliphatic carbocycles. The van der Waals surface area contributed by atoms with E-state index in [-0.39, 0.29) is 5.91 Å². The van der Waals surface area contributed by atoms with Crippen LogP contribution in [0.3, 0.4) is 0 Å². The Morgan fingerprint density at radius 1 is 1.32 bits per heavy atom. The Balaban J connectivity index is 1.91. The minimum Gasteiger partial charge on any atom is -0.492 e. The average molecular weight is 428 g/mol. The molecule has 1 aromatic rings. The van der Waals surface area contributed by atoms with Gasteiger partial charge < -0.3 is 14.5 Å². The maximum Gasteiger partial charge on any atom is 0.257 e. The van der Waals surface area contributed by atoms with E-state index in [1.54, 1.807) is 12.1 Å². The minimum absolute atomic E-state index is 0.196. The van der Waals surface area contributed by atoms with Crippen molar-refractivity contribution in [1.82, 2.24) is 15.1 Å². The topological polar surface area (TPSA) is 44.8 Å². The highest BCUT2D eigenvalue weighted by Gasteiger charge is 2.18. The number of rotatable bonds is 5. The van der Waals surface area contributed by atoms with Crippen LogP contribution in [0.2, 0.25) is 0 Å². The van der Waals surface area contributed by atoms with Gasteiger partial charge in [-0.05, 0) is 65.7 Å². The highest BCUT2D eigenvalue weighted by molar-refractivity contribution is 9.10. The molecule has 7 heteroatoms. The molecule has 0 spiro atoms. The first-order chi connectivity index (χ1) is 11.9. The van der Waals surface area contributed by atoms with Gasteiger partial charge >= 0.3 is 0 Å². The molecule has 0 atom stereocenters. The molecule has 2 rings (SSSR count). The summed E-state index contributed by atoms with van der Waals surface area (Å²) in [6, 6.07) is 5.35. The highest BCUT2D eigenvalue weighted by Crippen LogP contribution is 2.26. The Morgan fingerprint density at radius 2 is 2.00 bits per heavy atom. The van der Waals surface area contributed by atoms with Crippen molar-refractivity contribution in [2.45, 2.75) is 20.3 Å². The van der Waals surface area contributed by atoms with Gasteiger partial charge in [-0.25, -0.2) is 0 Å². The standard InChI is InChI=1S/C18H26BrN3O2S/c1-13(2)6-11-24-16-5-4-14(12-15(16)19)17(23)20-18(25)22-9-7-21(3)8-10-22/h4-5,12-13H,6-11H2,1-3H3,(H,20,23,25). The second kappa shape index (κ2) is 9.50. The molecule has 1 N–H and O–H groups in total. The number of thiocarbonyl (C=S) groups is 1. The first-order valence-electron chi connectivity index (χ1n) is 8.58. The maximum absolute atomic E-state index is 12.4. The molecule has 1 heterocycles. The van der Waals surface area contributed by atoms with Gasteiger partial charge in [-0.2, -0.15) is 0 Å². The number of likely N-dealkylation sites (N-methyl/N-ethyl adjacent to an activating group) is 1. The predicted octanol–water partition coefficient (Wildman–Crippen LogP) is 3.14. The van der Waals surface area contributed by atoms with E-state index in [1.165, 1.54) is 0 Å². The fraction of sp³-hybridized carbons (Fsp3) is 0.556. The molecule has 5 nitrogen and oxygen atoms in total. The quantitative estimate of drug-likeness (QED) is 0.731. The normalized spacial score (nSPS) is 15.3. The van der Waals surface area contributed by atoms with Gasteiger partial charge in [0.1, 0.15) is 5.75 Å². The van der Waals surface area contributed by atoms with E-state index in [9.17, 15) is 4.79 Å². The summed E-state index contributed by atoms with van der Waals surface area (Å²) in [7, 11) is 2.08. The van der Waals surface area contributed by atoms with Crippen molar-refractivity contribution in [3.8, 4) is 5.75 Å². The van der Waals surface area contributed by atoms with Gasteiger partial charge in [0.15, 0.2) is 5.11 Å². The molecule has 0 saturated carbocycles. The number of hydrogen-bond acceptors (Lipinski definition) is 4. The number of hydrogen-bond donors (Lipinski definition) is 1. The maximum atomic E-state index is 12.4. The molecule has 25 heavy (non-hydrogen) atoms. The van der Waals surface area contributed by atoms with Crippen LogP contribution in [0.5, 0.6) is 5.75 Å². The molecular formula is C18H26BrN3O2S. The molecule has 1 aliphatic heterocycles. The molecular weight excluding hydrogens is 402 g/mol. The Hall–Kier alpha value is -1.18. The molecule has 0 bridgehead atoms. The van der Waals surface area contributed by atoms with Gasteiger partial charge in [-0.1, -0.05) is 13.8 Å². The van der Waals surface area contributed by atoms with Gasteiger partial charge in [0.2, 0.25) is 0 Å². The van der Waals surface area contributed by atoms with Crippen LogP contribution in [0.4, 0.5) is 0 Å². The summed E-state index contributed by atoms with van der Waals surface area (Å²) < 4.78 is 6.52. The average Bonchev–Trinajstić information content (AvgIpc) is 2.56. The third kappa shape index (κ3) is 6.24. The Morgan fingerprint density at radius 3 is 2.60 bits per heavy atom. The first kappa shape index (κ1) is 20.1. The van der Waals surface area contributed by atoms with Gasteiger partial charge in [0.05, 0.1) is 11.1 Å². The number of ether oxygens (including phenoxy) is 1. The summed E-state index contributed by atoms with van der Waals surface area (Å²) in [5, 5.41) is 3.32. The SMILES string of the molecule is CC(C)CCOc1ccc(C(=O)NC(=S)N2CCN(C)CC2)cc1Br. The Bertz CT molecular complexity index is 616. The van der Waals surface area contributed by atoms with Gasteiger partial charge in [0.25, 0.3) is 5.91 Å². The molecule has 1 aromatic carbocycles. The summed E-state index contributed by atoms with van der Waals surface area (Å²) in [5.41, 5.74) is 0.555. The van der Waals surface area contributed by atoms with Crippen LogP contribution >= 0.6 is 28.1 Å². The lowest BCUT2D eigenvalue weighted by Crippen LogP contribution is -2.51. The molecule has 138 valence electrons. The van der Waals surface area contributed by atoms with E-state index in [1.807, 2.05) is 11.0 Å². The van der Waals surface area contributed by atoms with Crippen LogP contribution in [-0.2, 0) is 0 Å². The first-order valence-corrected chi connectivity index (χ1v) is 9.78. The van der Waals surface area contributed by atoms with Crippen LogP contribution in [0.25, 0.3) is 0 Å². The molecule has 1 aliphatic rings. The number of amides is 1. The van der Waals surface area contributed by atoms with E-state index in [4.69, 9.17) is 17.0 Å². The molecule has 0 unspecified atom stereocenters. The van der Waals surface area contributed by atoms with Crippen LogP contribution in [-0.4, -0.2) is 60.7 Å². The molecule has 1 amide bonds. The number of halogens is 1. The number of nitrogens with one attached hydrogen (secondary N) is 1. The van der Waals surface area contributed by atoms with Crippen molar-refractivity contribution in [2.75, 3.05) is 39.8 Å². The molecule has 1 saturated heterocycles. The van der Waals surface area contributed by atoms with Crippen molar-refractivity contribution in [1.29, 1.82) is 0 Å². The predicted molar refractivity (Wildman–Crippen MR) is 108 cm³/mol. The minimum atomic E-state index is -0.196. The van der Waals surface area contributed by atoms with E-state index >= 15 is 0 Å². The fourth-order valence-corrected chi connectivity index (χ4v) is 3.19. The summed E-state index contributed by atoms with van der Waals surface area (Å²) in [6.07, 6.45) is 0.994. The zero-order valence-corrected chi connectivity index (χ0v) is 17.5. The third-order valence-electron chi connectivity index (χ3n) is 4.16. The van der Waals surface area contributed by atoms with E-state index in [2.05, 4.69) is 47.0 Å². The van der Waals surface area contributed by atoms with Gasteiger partial charge in [0, 0.05) is 31.7 Å². The van der Waals surface area contributed by atoms with Crippen molar-refractivity contribution in [2.24, 2.45) is 5.92 Å². The summed E-state index contributed by atoms with van der Waals surface area (Å²) in [6.45, 7) is 8.55. The summed E-state index contributed by atoms with van der Waals surface area (Å²) in [5.74, 6) is 1.15. The largest absolute Gasteiger partial charge is 0.492 e. The van der Waals surface area contributed by atoms with E-state index < -0.39 is 0 Å². The van der Waals surface area contributed by atoms with E-state index in [0.717, 1.165) is 42.8 Å². The van der Waals surface area contributed by atoms with Crippen molar-refractivity contribution in [3.63, 3.8) is 0 Å². The lowest BCUT2D eigenvalue weighted by molar-refractivity contribution is 0.0970. The second-order valence-electron chi connectivity index (χ2n) is 6.73. The third-order valence-corrected chi connectivity index (χ3v) is 5.14. The number of piperazine rings is 1. The van der Waals surface area contributed by atoms with Crippen molar-refractivity contribution < 1.29 is 9.53 Å². The zero-order chi connectivity index (χ0) is 18.4. The molecule has 1 fully saturated rings. The van der Waals surface area contributed by atoms with Gasteiger partial charge in [-0.3, -0.25) is 10.1 Å². The smallest absolute Gasteiger partial charge is 0.257 e. The van der Waals surface area contributed by atoms with Crippen molar-refractivity contribution in [3.05, 3.63) is 28.2 Å². The molecule has 0 radical (unpaired) electrons. The van der Waals surface area contributed by atoms with Crippen LogP contribution in [0, 0.1) is 5.92 Å². The Labute approximate surface area is 163 Å². The van der Waals surface area contributed by atoms with Crippen LogP contribution in [0.1, 0.15) is 30.6 Å². The zero-order valence-electron chi connectivity index (χ0n) is 15.0. The van der Waals surface area contributed by atoms with Crippen molar-refractivity contribution >= 4 is 39.2 Å². The second-order valence-corrected chi connectivity index (χ2v) is 7.97. The number of carbonyl (C=O) groups excluding carboxylic acids is 1. The summed E-state index contributed by atoms with van der Waals surface area (Å²) >= 11 is 8.85. The Kier molecular flexibility index (Phi) is 7.65. The molecule has 0 aromatic heterocycles. The fourth-order valence-electron chi connectivity index (χ4n) is 2.42. The monoisotopic (exact) mass is 427 g/mol. The highest BCUT2D eigenvalue weighted by atomic mass is 79.9. The number of carbonyl (C=O) groups is 1. The lowest BCUT2D eigenvalue weighted by atomic mass is 10.1. The van der Waals surface area contributed by atoms with E-state index in [0.29, 0.717) is 23.2 Å². The lowest BCUT2D eigenvalue weighted by Gasteiger charge is -2.33. The van der Waals surface area contributed by atoms with Crippen LogP contribution in [0.15, 0.2) is 22.7 Å².